The van der Waals surface area contributed by atoms with Crippen LogP contribution in [0.2, 0.25) is 0 Å². The maximum atomic E-state index is 5.51. The van der Waals surface area contributed by atoms with Gasteiger partial charge in [0.2, 0.25) is 0 Å². The van der Waals surface area contributed by atoms with Crippen LogP contribution in [0, 0.1) is 5.92 Å². The van der Waals surface area contributed by atoms with Gasteiger partial charge in [-0.25, -0.2) is 0 Å². The highest BCUT2D eigenvalue weighted by Gasteiger charge is 2.21. The highest BCUT2D eigenvalue weighted by Crippen LogP contribution is 2.33. The second-order valence-corrected chi connectivity index (χ2v) is 5.36. The number of benzene rings is 1. The second kappa shape index (κ2) is 6.15. The number of hydrogen-bond acceptors (Lipinski definition) is 4. The van der Waals surface area contributed by atoms with E-state index in [1.54, 1.807) is 14.2 Å². The van der Waals surface area contributed by atoms with Crippen LogP contribution in [0.3, 0.4) is 0 Å². The average molecular weight is 264 g/mol. The molecule has 0 aromatic heterocycles. The quantitative estimate of drug-likeness (QED) is 0.907. The van der Waals surface area contributed by atoms with E-state index in [1.807, 2.05) is 12.1 Å². The van der Waals surface area contributed by atoms with Crippen LogP contribution in [0.25, 0.3) is 0 Å². The van der Waals surface area contributed by atoms with E-state index in [2.05, 4.69) is 30.1 Å². The Morgan fingerprint density at radius 3 is 2.63 bits per heavy atom. The van der Waals surface area contributed by atoms with Crippen LogP contribution in [0.1, 0.15) is 13.8 Å². The molecular weight excluding hydrogens is 240 g/mol. The van der Waals surface area contributed by atoms with Crippen molar-refractivity contribution in [3.63, 3.8) is 0 Å². The molecule has 0 bridgehead atoms. The van der Waals surface area contributed by atoms with Crippen LogP contribution in [0.15, 0.2) is 18.2 Å². The van der Waals surface area contributed by atoms with Gasteiger partial charge >= 0.3 is 0 Å². The van der Waals surface area contributed by atoms with Gasteiger partial charge in [0.05, 0.1) is 19.9 Å². The van der Waals surface area contributed by atoms with Gasteiger partial charge in [-0.3, -0.25) is 0 Å². The molecule has 1 aromatic carbocycles. The van der Waals surface area contributed by atoms with Crippen LogP contribution in [-0.2, 0) is 0 Å². The van der Waals surface area contributed by atoms with Crippen molar-refractivity contribution >= 4 is 5.69 Å². The van der Waals surface area contributed by atoms with Crippen molar-refractivity contribution in [2.24, 2.45) is 5.92 Å². The van der Waals surface area contributed by atoms with Crippen LogP contribution in [0.4, 0.5) is 5.69 Å². The van der Waals surface area contributed by atoms with E-state index in [-0.39, 0.29) is 0 Å². The van der Waals surface area contributed by atoms with E-state index in [9.17, 15) is 0 Å². The Bertz CT molecular complexity index is 411. The Labute approximate surface area is 115 Å². The Morgan fingerprint density at radius 1 is 1.16 bits per heavy atom. The molecule has 1 heterocycles. The summed E-state index contributed by atoms with van der Waals surface area (Å²) < 4.78 is 10.8. The number of nitrogens with one attached hydrogen (secondary N) is 1. The van der Waals surface area contributed by atoms with Gasteiger partial charge in [0.15, 0.2) is 0 Å². The molecule has 0 aliphatic carbocycles. The van der Waals surface area contributed by atoms with E-state index in [4.69, 9.17) is 9.47 Å². The topological polar surface area (TPSA) is 33.7 Å². The molecule has 1 N–H and O–H groups in total. The molecule has 2 atom stereocenters. The summed E-state index contributed by atoms with van der Waals surface area (Å²) in [6, 6.07) is 6.51. The second-order valence-electron chi connectivity index (χ2n) is 5.36. The zero-order valence-electron chi connectivity index (χ0n) is 12.3. The number of rotatable bonds is 3. The van der Waals surface area contributed by atoms with Crippen molar-refractivity contribution in [2.75, 3.05) is 38.8 Å². The van der Waals surface area contributed by atoms with E-state index in [0.29, 0.717) is 12.0 Å². The summed E-state index contributed by atoms with van der Waals surface area (Å²) in [6.07, 6.45) is 0. The molecule has 0 radical (unpaired) electrons. The maximum Gasteiger partial charge on any atom is 0.145 e. The third kappa shape index (κ3) is 3.32. The largest absolute Gasteiger partial charge is 0.497 e. The summed E-state index contributed by atoms with van der Waals surface area (Å²) in [4.78, 5) is 2.40. The number of hydrogen-bond donors (Lipinski definition) is 1. The third-order valence-corrected chi connectivity index (χ3v) is 3.57. The molecule has 1 aromatic rings. The Hall–Kier alpha value is -1.42. The van der Waals surface area contributed by atoms with Crippen molar-refractivity contribution in [2.45, 2.75) is 19.9 Å². The molecule has 4 heteroatoms. The fourth-order valence-corrected chi connectivity index (χ4v) is 2.56. The number of methoxy groups -OCH3 is 2. The van der Waals surface area contributed by atoms with Crippen LogP contribution in [0.5, 0.6) is 11.5 Å². The highest BCUT2D eigenvalue weighted by molar-refractivity contribution is 5.61. The Morgan fingerprint density at radius 2 is 1.95 bits per heavy atom. The fourth-order valence-electron chi connectivity index (χ4n) is 2.56. The summed E-state index contributed by atoms with van der Waals surface area (Å²) in [6.45, 7) is 7.60. The molecule has 2 rings (SSSR count). The first kappa shape index (κ1) is 14.0. The van der Waals surface area contributed by atoms with E-state index >= 15 is 0 Å². The summed E-state index contributed by atoms with van der Waals surface area (Å²) >= 11 is 0. The Kier molecular flexibility index (Phi) is 4.53. The molecule has 0 saturated carbocycles. The monoisotopic (exact) mass is 264 g/mol. The van der Waals surface area contributed by atoms with Gasteiger partial charge in [0.25, 0.3) is 0 Å². The van der Waals surface area contributed by atoms with Crippen molar-refractivity contribution in [3.05, 3.63) is 18.2 Å². The molecule has 19 heavy (non-hydrogen) atoms. The van der Waals surface area contributed by atoms with Gasteiger partial charge in [-0.15, -0.1) is 0 Å². The summed E-state index contributed by atoms with van der Waals surface area (Å²) in [5.41, 5.74) is 1.14. The third-order valence-electron chi connectivity index (χ3n) is 3.57. The molecule has 106 valence electrons. The van der Waals surface area contributed by atoms with Crippen LogP contribution < -0.4 is 19.7 Å². The summed E-state index contributed by atoms with van der Waals surface area (Å²) in [7, 11) is 3.38. The van der Waals surface area contributed by atoms with Crippen LogP contribution >= 0.6 is 0 Å². The minimum Gasteiger partial charge on any atom is -0.497 e. The molecule has 1 aliphatic heterocycles. The predicted molar refractivity (Wildman–Crippen MR) is 78.4 cm³/mol. The van der Waals surface area contributed by atoms with Gasteiger partial charge in [-0.2, -0.15) is 0 Å². The van der Waals surface area contributed by atoms with Crippen molar-refractivity contribution in [1.82, 2.24) is 5.32 Å². The first-order chi connectivity index (χ1) is 9.13. The smallest absolute Gasteiger partial charge is 0.145 e. The SMILES string of the molecule is COc1ccc(N2CC(C)CNC(C)C2)c(OC)c1. The van der Waals surface area contributed by atoms with Gasteiger partial charge in [-0.05, 0) is 31.5 Å². The average Bonchev–Trinajstić information content (AvgIpc) is 2.59. The van der Waals surface area contributed by atoms with Gasteiger partial charge in [0, 0.05) is 25.2 Å². The van der Waals surface area contributed by atoms with Gasteiger partial charge < -0.3 is 19.7 Å². The van der Waals surface area contributed by atoms with Crippen molar-refractivity contribution < 1.29 is 9.47 Å². The molecular formula is C15H24N2O2. The minimum atomic E-state index is 0.483. The highest BCUT2D eigenvalue weighted by atomic mass is 16.5. The van der Waals surface area contributed by atoms with Gasteiger partial charge in [-0.1, -0.05) is 6.92 Å². The van der Waals surface area contributed by atoms with Gasteiger partial charge in [0.1, 0.15) is 11.5 Å². The Balaban J connectivity index is 2.28. The molecule has 0 amide bonds. The lowest BCUT2D eigenvalue weighted by Gasteiger charge is -2.28. The summed E-state index contributed by atoms with van der Waals surface area (Å²) in [5, 5.41) is 3.55. The zero-order chi connectivity index (χ0) is 13.8. The molecule has 4 nitrogen and oxygen atoms in total. The zero-order valence-corrected chi connectivity index (χ0v) is 12.3. The predicted octanol–water partition coefficient (Wildman–Crippen LogP) is 2.14. The lowest BCUT2D eigenvalue weighted by molar-refractivity contribution is 0.393. The summed E-state index contributed by atoms with van der Waals surface area (Å²) in [5.74, 6) is 2.33. The van der Waals surface area contributed by atoms with E-state index in [0.717, 1.165) is 36.8 Å². The first-order valence-corrected chi connectivity index (χ1v) is 6.84. The number of anilines is 1. The number of nitrogens with zero attached hydrogens (tertiary/aromatic N) is 1. The van der Waals surface area contributed by atoms with E-state index < -0.39 is 0 Å². The van der Waals surface area contributed by atoms with Crippen molar-refractivity contribution in [3.8, 4) is 11.5 Å². The van der Waals surface area contributed by atoms with E-state index in [1.165, 1.54) is 0 Å². The minimum absolute atomic E-state index is 0.483. The lowest BCUT2D eigenvalue weighted by atomic mass is 10.1. The molecule has 1 fully saturated rings. The fraction of sp³-hybridized carbons (Fsp3) is 0.600. The maximum absolute atomic E-state index is 5.51. The first-order valence-electron chi connectivity index (χ1n) is 6.84. The molecule has 0 spiro atoms. The van der Waals surface area contributed by atoms with Crippen molar-refractivity contribution in [1.29, 1.82) is 0 Å². The molecule has 2 unspecified atom stereocenters. The van der Waals surface area contributed by atoms with Crippen LogP contribution in [-0.4, -0.2) is 39.9 Å². The normalized spacial score (nSPS) is 23.9. The lowest BCUT2D eigenvalue weighted by Crippen LogP contribution is -2.35. The molecule has 1 aliphatic rings. The number of ether oxygens (including phenoxy) is 2. The molecule has 1 saturated heterocycles. The standard InChI is InChI=1S/C15H24N2O2/c1-11-8-16-12(2)10-17(9-11)14-6-5-13(18-3)7-15(14)19-4/h5-7,11-12,16H,8-10H2,1-4H3.